The van der Waals surface area contributed by atoms with Crippen LogP contribution in [0.3, 0.4) is 0 Å². The van der Waals surface area contributed by atoms with Crippen LogP contribution in [0.25, 0.3) is 17.2 Å². The van der Waals surface area contributed by atoms with Crippen LogP contribution in [0.4, 0.5) is 5.69 Å². The third-order valence-electron chi connectivity index (χ3n) is 6.92. The number of rotatable bonds is 12. The maximum atomic E-state index is 11.7. The van der Waals surface area contributed by atoms with Gasteiger partial charge in [-0.05, 0) is 65.1 Å². The van der Waals surface area contributed by atoms with Crippen LogP contribution in [0.15, 0.2) is 103 Å². The minimum atomic E-state index is -0.970. The van der Waals surface area contributed by atoms with Gasteiger partial charge < -0.3 is 24.2 Å². The number of methoxy groups -OCH3 is 1. The molecule has 1 atom stereocenters. The second-order valence-electron chi connectivity index (χ2n) is 9.65. The summed E-state index contributed by atoms with van der Waals surface area (Å²) in [5.41, 5.74) is 6.46. The van der Waals surface area contributed by atoms with Crippen molar-refractivity contribution in [2.75, 3.05) is 25.2 Å². The van der Waals surface area contributed by atoms with Gasteiger partial charge in [-0.2, -0.15) is 0 Å². The summed E-state index contributed by atoms with van der Waals surface area (Å²) in [6, 6.07) is 31.7. The highest BCUT2D eigenvalue weighted by atomic mass is 16.5. The fraction of sp³-hybridized carbons (Fsp3) is 0.206. The van der Waals surface area contributed by atoms with Crippen LogP contribution < -0.4 is 14.4 Å². The van der Waals surface area contributed by atoms with E-state index >= 15 is 0 Å². The fourth-order valence-electron chi connectivity index (χ4n) is 4.79. The molecule has 1 aliphatic rings. The minimum absolute atomic E-state index is 0.260. The normalized spacial score (nSPS) is 12.7. The van der Waals surface area contributed by atoms with Crippen LogP contribution in [0.2, 0.25) is 0 Å². The first kappa shape index (κ1) is 27.0. The van der Waals surface area contributed by atoms with Gasteiger partial charge in [0.05, 0.1) is 20.3 Å². The number of hydrogen-bond acceptors (Lipinski definition) is 5. The van der Waals surface area contributed by atoms with Crippen molar-refractivity contribution in [1.82, 2.24) is 0 Å². The van der Waals surface area contributed by atoms with Crippen LogP contribution in [0.1, 0.15) is 23.1 Å². The highest BCUT2D eigenvalue weighted by molar-refractivity contribution is 5.88. The number of benzene rings is 4. The molecule has 0 radical (unpaired) electrons. The van der Waals surface area contributed by atoms with E-state index in [-0.39, 0.29) is 13.0 Å². The summed E-state index contributed by atoms with van der Waals surface area (Å²) in [6.07, 6.45) is 4.47. The lowest BCUT2D eigenvalue weighted by molar-refractivity contribution is -0.151. The SMILES string of the molecule is COc1ccc2c(c1)-c1ccccc1N(CCCOc1ccc(CC(OCc3ccccc3)C(=O)O)cc1)C=C2. The number of fused-ring (bicyclic) bond motifs is 3. The second kappa shape index (κ2) is 13.0. The number of nitrogens with zero attached hydrogens (tertiary/aromatic N) is 1. The average Bonchev–Trinajstić information content (AvgIpc) is 3.15. The van der Waals surface area contributed by atoms with E-state index in [0.717, 1.165) is 52.4 Å². The minimum Gasteiger partial charge on any atom is -0.497 e. The molecular formula is C34H33NO5. The quantitative estimate of drug-likeness (QED) is 0.201. The van der Waals surface area contributed by atoms with E-state index in [1.807, 2.05) is 60.7 Å². The third-order valence-corrected chi connectivity index (χ3v) is 6.92. The number of carbonyl (C=O) groups is 1. The van der Waals surface area contributed by atoms with Crippen LogP contribution in [-0.4, -0.2) is 37.4 Å². The molecule has 40 heavy (non-hydrogen) atoms. The number of ether oxygens (including phenoxy) is 3. The van der Waals surface area contributed by atoms with Gasteiger partial charge in [0.15, 0.2) is 6.10 Å². The van der Waals surface area contributed by atoms with Crippen LogP contribution in [-0.2, 0) is 22.6 Å². The summed E-state index contributed by atoms with van der Waals surface area (Å²) in [7, 11) is 1.69. The number of carboxylic acid groups (broad SMARTS) is 1. The lowest BCUT2D eigenvalue weighted by Crippen LogP contribution is -2.26. The van der Waals surface area contributed by atoms with Crippen molar-refractivity contribution >= 4 is 17.7 Å². The molecule has 1 heterocycles. The van der Waals surface area contributed by atoms with Gasteiger partial charge in [-0.1, -0.05) is 66.7 Å². The van der Waals surface area contributed by atoms with Gasteiger partial charge in [0.1, 0.15) is 11.5 Å². The molecule has 0 saturated heterocycles. The zero-order valence-electron chi connectivity index (χ0n) is 22.5. The molecule has 5 rings (SSSR count). The van der Waals surface area contributed by atoms with E-state index in [1.165, 1.54) is 5.56 Å². The number of hydrogen-bond donors (Lipinski definition) is 1. The van der Waals surface area contributed by atoms with Crippen molar-refractivity contribution in [3.63, 3.8) is 0 Å². The molecule has 0 bridgehead atoms. The van der Waals surface area contributed by atoms with E-state index in [2.05, 4.69) is 53.6 Å². The predicted octanol–water partition coefficient (Wildman–Crippen LogP) is 6.83. The highest BCUT2D eigenvalue weighted by Crippen LogP contribution is 2.38. The van der Waals surface area contributed by atoms with Crippen molar-refractivity contribution in [3.8, 4) is 22.6 Å². The number of carboxylic acids is 1. The molecule has 1 unspecified atom stereocenters. The summed E-state index contributed by atoms with van der Waals surface area (Å²) in [4.78, 5) is 14.0. The standard InChI is InChI=1S/C34H33NO5/c1-38-29-17-14-27-18-20-35(32-11-6-5-10-30(32)31(27)23-29)19-7-21-39-28-15-12-25(13-16-28)22-33(34(36)37)40-24-26-8-3-2-4-9-26/h2-6,8-18,20,23,33H,7,19,21-22,24H2,1H3,(H,36,37). The van der Waals surface area contributed by atoms with Gasteiger partial charge in [0.2, 0.25) is 0 Å². The van der Waals surface area contributed by atoms with Crippen molar-refractivity contribution in [2.45, 2.75) is 25.6 Å². The first-order chi connectivity index (χ1) is 19.6. The summed E-state index contributed by atoms with van der Waals surface area (Å²) < 4.78 is 17.1. The molecule has 0 saturated carbocycles. The first-order valence-corrected chi connectivity index (χ1v) is 13.4. The van der Waals surface area contributed by atoms with Gasteiger partial charge in [-0.15, -0.1) is 0 Å². The monoisotopic (exact) mass is 535 g/mol. The van der Waals surface area contributed by atoms with Crippen LogP contribution >= 0.6 is 0 Å². The summed E-state index contributed by atoms with van der Waals surface area (Å²) in [6.45, 7) is 1.62. The summed E-state index contributed by atoms with van der Waals surface area (Å²) in [5, 5.41) is 9.61. The molecule has 0 aromatic heterocycles. The fourth-order valence-corrected chi connectivity index (χ4v) is 4.79. The molecule has 0 aliphatic carbocycles. The van der Waals surface area contributed by atoms with E-state index in [1.54, 1.807) is 7.11 Å². The lowest BCUT2D eigenvalue weighted by Gasteiger charge is -2.22. The Kier molecular flexibility index (Phi) is 8.79. The maximum absolute atomic E-state index is 11.7. The van der Waals surface area contributed by atoms with Gasteiger partial charge in [0, 0.05) is 30.4 Å². The maximum Gasteiger partial charge on any atom is 0.333 e. The van der Waals surface area contributed by atoms with E-state index < -0.39 is 12.1 Å². The Morgan fingerprint density at radius 2 is 1.60 bits per heavy atom. The Hall–Kier alpha value is -4.55. The van der Waals surface area contributed by atoms with Crippen molar-refractivity contribution in [1.29, 1.82) is 0 Å². The smallest absolute Gasteiger partial charge is 0.333 e. The summed E-state index contributed by atoms with van der Waals surface area (Å²) in [5.74, 6) is 0.628. The van der Waals surface area contributed by atoms with Crippen molar-refractivity contribution in [3.05, 3.63) is 120 Å². The number of anilines is 1. The lowest BCUT2D eigenvalue weighted by atomic mass is 9.98. The summed E-state index contributed by atoms with van der Waals surface area (Å²) >= 11 is 0. The Bertz CT molecular complexity index is 1450. The number of para-hydroxylation sites is 1. The highest BCUT2D eigenvalue weighted by Gasteiger charge is 2.19. The molecule has 4 aromatic carbocycles. The Balaban J connectivity index is 1.14. The van der Waals surface area contributed by atoms with Gasteiger partial charge >= 0.3 is 5.97 Å². The molecular weight excluding hydrogens is 502 g/mol. The molecule has 0 fully saturated rings. The molecule has 4 aromatic rings. The molecule has 6 heteroatoms. The van der Waals surface area contributed by atoms with E-state index in [4.69, 9.17) is 14.2 Å². The van der Waals surface area contributed by atoms with E-state index in [0.29, 0.717) is 6.61 Å². The third kappa shape index (κ3) is 6.71. The molecule has 1 N–H and O–H groups in total. The van der Waals surface area contributed by atoms with E-state index in [9.17, 15) is 9.90 Å². The topological polar surface area (TPSA) is 68.2 Å². The zero-order valence-corrected chi connectivity index (χ0v) is 22.5. The van der Waals surface area contributed by atoms with Crippen LogP contribution in [0, 0.1) is 0 Å². The van der Waals surface area contributed by atoms with Gasteiger partial charge in [0.25, 0.3) is 0 Å². The van der Waals surface area contributed by atoms with Crippen LogP contribution in [0.5, 0.6) is 11.5 Å². The molecule has 0 spiro atoms. The Morgan fingerprint density at radius 3 is 2.38 bits per heavy atom. The van der Waals surface area contributed by atoms with Crippen molar-refractivity contribution in [2.24, 2.45) is 0 Å². The molecule has 1 aliphatic heterocycles. The zero-order chi connectivity index (χ0) is 27.7. The second-order valence-corrected chi connectivity index (χ2v) is 9.65. The molecule has 0 amide bonds. The molecule has 6 nitrogen and oxygen atoms in total. The van der Waals surface area contributed by atoms with Crippen molar-refractivity contribution < 1.29 is 24.1 Å². The Morgan fingerprint density at radius 1 is 0.850 bits per heavy atom. The first-order valence-electron chi connectivity index (χ1n) is 13.4. The number of aliphatic carboxylic acids is 1. The average molecular weight is 536 g/mol. The van der Waals surface area contributed by atoms with Gasteiger partial charge in [-0.3, -0.25) is 0 Å². The molecule has 204 valence electrons. The largest absolute Gasteiger partial charge is 0.497 e. The van der Waals surface area contributed by atoms with Gasteiger partial charge in [-0.25, -0.2) is 4.79 Å². The predicted molar refractivity (Wildman–Crippen MR) is 158 cm³/mol. The Labute approximate surface area is 235 Å².